The van der Waals surface area contributed by atoms with Crippen molar-refractivity contribution in [3.05, 3.63) is 35.4 Å². The molecule has 0 aliphatic carbocycles. The van der Waals surface area contributed by atoms with Crippen molar-refractivity contribution < 1.29 is 14.3 Å². The highest BCUT2D eigenvalue weighted by atomic mass is 16.5. The summed E-state index contributed by atoms with van der Waals surface area (Å²) >= 11 is 0. The van der Waals surface area contributed by atoms with Crippen LogP contribution in [0.25, 0.3) is 0 Å². The molecule has 1 aromatic rings. The first kappa shape index (κ1) is 21.4. The average molecular weight is 376 g/mol. The van der Waals surface area contributed by atoms with E-state index in [1.807, 2.05) is 39.0 Å². The van der Waals surface area contributed by atoms with Crippen LogP contribution in [0.3, 0.4) is 0 Å². The van der Waals surface area contributed by atoms with Crippen molar-refractivity contribution in [2.75, 3.05) is 32.8 Å². The van der Waals surface area contributed by atoms with Gasteiger partial charge in [-0.25, -0.2) is 0 Å². The van der Waals surface area contributed by atoms with Crippen LogP contribution in [0.15, 0.2) is 24.3 Å². The molecule has 150 valence electrons. The van der Waals surface area contributed by atoms with Crippen molar-refractivity contribution in [3.8, 4) is 0 Å². The molecule has 2 rings (SSSR count). The van der Waals surface area contributed by atoms with Gasteiger partial charge < -0.3 is 15.4 Å². The zero-order chi connectivity index (χ0) is 20.0. The van der Waals surface area contributed by atoms with Crippen LogP contribution in [0.1, 0.15) is 43.6 Å². The van der Waals surface area contributed by atoms with Crippen molar-refractivity contribution in [1.82, 2.24) is 15.5 Å². The lowest BCUT2D eigenvalue weighted by Crippen LogP contribution is -2.58. The number of ether oxygens (including phenoxy) is 1. The minimum Gasteiger partial charge on any atom is -0.379 e. The van der Waals surface area contributed by atoms with E-state index in [0.29, 0.717) is 12.1 Å². The fraction of sp³-hybridized carbons (Fsp3) is 0.619. The molecule has 1 aromatic carbocycles. The van der Waals surface area contributed by atoms with Crippen molar-refractivity contribution in [2.45, 2.75) is 46.2 Å². The molecule has 0 saturated carbocycles. The average Bonchev–Trinajstić information content (AvgIpc) is 2.65. The first-order valence-corrected chi connectivity index (χ1v) is 9.69. The molecule has 0 bridgehead atoms. The van der Waals surface area contributed by atoms with E-state index in [1.165, 1.54) is 0 Å². The summed E-state index contributed by atoms with van der Waals surface area (Å²) in [6, 6.07) is 6.83. The molecule has 1 saturated heterocycles. The van der Waals surface area contributed by atoms with Gasteiger partial charge in [0.2, 0.25) is 5.91 Å². The molecule has 27 heavy (non-hydrogen) atoms. The second-order valence-electron chi connectivity index (χ2n) is 8.14. The first-order chi connectivity index (χ1) is 12.7. The second-order valence-corrected chi connectivity index (χ2v) is 8.14. The van der Waals surface area contributed by atoms with E-state index in [2.05, 4.69) is 29.4 Å². The number of nitrogens with one attached hydrogen (secondary N) is 2. The molecule has 1 atom stereocenters. The van der Waals surface area contributed by atoms with Gasteiger partial charge in [-0.2, -0.15) is 0 Å². The van der Waals surface area contributed by atoms with E-state index in [0.717, 1.165) is 31.9 Å². The summed E-state index contributed by atoms with van der Waals surface area (Å²) in [5.41, 5.74) is 1.33. The Kier molecular flexibility index (Phi) is 7.39. The van der Waals surface area contributed by atoms with Crippen molar-refractivity contribution in [1.29, 1.82) is 0 Å². The molecular formula is C21H33N3O3. The van der Waals surface area contributed by atoms with Gasteiger partial charge >= 0.3 is 0 Å². The van der Waals surface area contributed by atoms with Crippen LogP contribution in [0.2, 0.25) is 0 Å². The van der Waals surface area contributed by atoms with Crippen LogP contribution in [0.5, 0.6) is 0 Å². The SMILES string of the molecule is Cc1ccccc1C(=O)NC(C(=O)NCC(C)(C)N1CCOCC1)C(C)C. The highest BCUT2D eigenvalue weighted by molar-refractivity contribution is 5.98. The maximum Gasteiger partial charge on any atom is 0.252 e. The maximum atomic E-state index is 12.8. The van der Waals surface area contributed by atoms with Crippen LogP contribution in [-0.4, -0.2) is 61.1 Å². The lowest BCUT2D eigenvalue weighted by Gasteiger charge is -2.41. The number of hydrogen-bond acceptors (Lipinski definition) is 4. The summed E-state index contributed by atoms with van der Waals surface area (Å²) in [5, 5.41) is 5.94. The fourth-order valence-corrected chi connectivity index (χ4v) is 3.28. The Morgan fingerprint density at radius 1 is 1.19 bits per heavy atom. The van der Waals surface area contributed by atoms with Crippen LogP contribution in [-0.2, 0) is 9.53 Å². The number of carbonyl (C=O) groups is 2. The third-order valence-corrected chi connectivity index (χ3v) is 5.19. The van der Waals surface area contributed by atoms with Crippen molar-refractivity contribution in [3.63, 3.8) is 0 Å². The topological polar surface area (TPSA) is 70.7 Å². The number of nitrogens with zero attached hydrogens (tertiary/aromatic N) is 1. The first-order valence-electron chi connectivity index (χ1n) is 9.69. The Balaban J connectivity index is 1.98. The largest absolute Gasteiger partial charge is 0.379 e. The van der Waals surface area contributed by atoms with E-state index in [-0.39, 0.29) is 23.3 Å². The smallest absolute Gasteiger partial charge is 0.252 e. The molecule has 0 radical (unpaired) electrons. The summed E-state index contributed by atoms with van der Waals surface area (Å²) in [5.74, 6) is -0.368. The highest BCUT2D eigenvalue weighted by Gasteiger charge is 2.31. The molecule has 0 aromatic heterocycles. The van der Waals surface area contributed by atoms with Gasteiger partial charge in [0, 0.05) is 30.7 Å². The van der Waals surface area contributed by atoms with Gasteiger partial charge in [-0.15, -0.1) is 0 Å². The van der Waals surface area contributed by atoms with Gasteiger partial charge in [-0.1, -0.05) is 32.0 Å². The minimum atomic E-state index is -0.572. The van der Waals surface area contributed by atoms with Gasteiger partial charge in [-0.3, -0.25) is 14.5 Å². The van der Waals surface area contributed by atoms with Crippen molar-refractivity contribution in [2.24, 2.45) is 5.92 Å². The molecule has 1 heterocycles. The van der Waals surface area contributed by atoms with Gasteiger partial charge in [-0.05, 0) is 38.3 Å². The van der Waals surface area contributed by atoms with Gasteiger partial charge in [0.05, 0.1) is 13.2 Å². The Labute approximate surface area is 162 Å². The third-order valence-electron chi connectivity index (χ3n) is 5.19. The number of hydrogen-bond donors (Lipinski definition) is 2. The van der Waals surface area contributed by atoms with Gasteiger partial charge in [0.1, 0.15) is 6.04 Å². The predicted molar refractivity (Wildman–Crippen MR) is 107 cm³/mol. The number of aryl methyl sites for hydroxylation is 1. The molecule has 1 aliphatic heterocycles. The molecule has 1 fully saturated rings. The number of benzene rings is 1. The summed E-state index contributed by atoms with van der Waals surface area (Å²) < 4.78 is 5.41. The molecule has 1 aliphatic rings. The van der Waals surface area contributed by atoms with E-state index < -0.39 is 6.04 Å². The molecule has 6 heteroatoms. The summed E-state index contributed by atoms with van der Waals surface area (Å²) in [6.45, 7) is 13.7. The minimum absolute atomic E-state index is 0.00975. The molecule has 6 nitrogen and oxygen atoms in total. The Morgan fingerprint density at radius 3 is 2.41 bits per heavy atom. The lowest BCUT2D eigenvalue weighted by atomic mass is 9.99. The standard InChI is InChI=1S/C21H33N3O3/c1-15(2)18(23-19(25)17-9-7-6-8-16(17)3)20(26)22-14-21(4,5)24-10-12-27-13-11-24/h6-9,15,18H,10-14H2,1-5H3,(H,22,26)(H,23,25). The molecule has 2 N–H and O–H groups in total. The predicted octanol–water partition coefficient (Wildman–Crippen LogP) is 1.98. The molecule has 0 spiro atoms. The molecular weight excluding hydrogens is 342 g/mol. The van der Waals surface area contributed by atoms with Crippen molar-refractivity contribution >= 4 is 11.8 Å². The van der Waals surface area contributed by atoms with Crippen LogP contribution >= 0.6 is 0 Å². The summed E-state index contributed by atoms with van der Waals surface area (Å²) in [7, 11) is 0. The summed E-state index contributed by atoms with van der Waals surface area (Å²) in [4.78, 5) is 27.7. The molecule has 2 amide bonds. The highest BCUT2D eigenvalue weighted by Crippen LogP contribution is 2.16. The normalized spacial score (nSPS) is 16.8. The zero-order valence-electron chi connectivity index (χ0n) is 17.2. The Morgan fingerprint density at radius 2 is 1.81 bits per heavy atom. The van der Waals surface area contributed by atoms with E-state index >= 15 is 0 Å². The monoisotopic (exact) mass is 375 g/mol. The van der Waals surface area contributed by atoms with Crippen LogP contribution in [0.4, 0.5) is 0 Å². The van der Waals surface area contributed by atoms with Crippen LogP contribution < -0.4 is 10.6 Å². The number of morpholine rings is 1. The number of amides is 2. The van der Waals surface area contributed by atoms with E-state index in [4.69, 9.17) is 4.74 Å². The quantitative estimate of drug-likeness (QED) is 0.764. The zero-order valence-corrected chi connectivity index (χ0v) is 17.2. The van der Waals surface area contributed by atoms with Gasteiger partial charge in [0.25, 0.3) is 5.91 Å². The third kappa shape index (κ3) is 5.78. The Hall–Kier alpha value is -1.92. The molecule has 1 unspecified atom stereocenters. The van der Waals surface area contributed by atoms with Crippen LogP contribution in [0, 0.1) is 12.8 Å². The van der Waals surface area contributed by atoms with E-state index in [1.54, 1.807) is 6.07 Å². The Bertz CT molecular complexity index is 652. The summed E-state index contributed by atoms with van der Waals surface area (Å²) in [6.07, 6.45) is 0. The number of carbonyl (C=O) groups excluding carboxylic acids is 2. The number of rotatable bonds is 7. The van der Waals surface area contributed by atoms with E-state index in [9.17, 15) is 9.59 Å². The maximum absolute atomic E-state index is 12.8. The fourth-order valence-electron chi connectivity index (χ4n) is 3.28. The lowest BCUT2D eigenvalue weighted by molar-refractivity contribution is -0.124. The second kappa shape index (κ2) is 9.33. The van der Waals surface area contributed by atoms with Gasteiger partial charge in [0.15, 0.2) is 0 Å².